The molecule has 2 aromatic rings. The molecule has 4 rings (SSSR count). The lowest BCUT2D eigenvalue weighted by Gasteiger charge is -2.23. The van der Waals surface area contributed by atoms with Crippen LogP contribution in [0.1, 0.15) is 23.2 Å². The van der Waals surface area contributed by atoms with Gasteiger partial charge in [0.2, 0.25) is 5.91 Å². The van der Waals surface area contributed by atoms with Crippen molar-refractivity contribution in [3.8, 4) is 0 Å². The number of pyridine rings is 1. The van der Waals surface area contributed by atoms with Crippen molar-refractivity contribution in [3.05, 3.63) is 42.1 Å². The molecule has 0 spiro atoms. The third-order valence-corrected chi connectivity index (χ3v) is 5.60. The summed E-state index contributed by atoms with van der Waals surface area (Å²) in [6, 6.07) is 8.90. The highest BCUT2D eigenvalue weighted by atomic mass is 32.2. The van der Waals surface area contributed by atoms with Crippen LogP contribution in [0.25, 0.3) is 10.9 Å². The fraction of sp³-hybridized carbons (Fsp3) is 0.389. The Bertz CT molecular complexity index is 785. The number of hydrogen-bond donors (Lipinski definition) is 1. The molecule has 0 unspecified atom stereocenters. The van der Waals surface area contributed by atoms with Gasteiger partial charge < -0.3 is 10.2 Å². The third kappa shape index (κ3) is 2.98. The van der Waals surface area contributed by atoms with Crippen molar-refractivity contribution in [1.29, 1.82) is 0 Å². The fourth-order valence-corrected chi connectivity index (χ4v) is 4.14. The maximum Gasteiger partial charge on any atom is 0.255 e. The van der Waals surface area contributed by atoms with Gasteiger partial charge in [-0.1, -0.05) is 12.1 Å². The van der Waals surface area contributed by atoms with Gasteiger partial charge in [0, 0.05) is 29.4 Å². The molecule has 1 aromatic carbocycles. The molecule has 1 aromatic heterocycles. The van der Waals surface area contributed by atoms with E-state index < -0.39 is 0 Å². The van der Waals surface area contributed by atoms with Crippen LogP contribution in [0.4, 0.5) is 0 Å². The Morgan fingerprint density at radius 3 is 2.96 bits per heavy atom. The molecule has 2 amide bonds. The van der Waals surface area contributed by atoms with Crippen molar-refractivity contribution in [3.63, 3.8) is 0 Å². The first-order valence-corrected chi connectivity index (χ1v) is 9.39. The number of benzene rings is 1. The van der Waals surface area contributed by atoms with Gasteiger partial charge in [-0.2, -0.15) is 0 Å². The Labute approximate surface area is 144 Å². The van der Waals surface area contributed by atoms with E-state index in [0.29, 0.717) is 23.1 Å². The van der Waals surface area contributed by atoms with E-state index in [4.69, 9.17) is 0 Å². The molecule has 2 aliphatic rings. The maximum atomic E-state index is 13.0. The lowest BCUT2D eigenvalue weighted by molar-refractivity contribution is -0.124. The van der Waals surface area contributed by atoms with Crippen molar-refractivity contribution >= 4 is 34.5 Å². The summed E-state index contributed by atoms with van der Waals surface area (Å²) in [6.45, 7) is 0.736. The Morgan fingerprint density at radius 2 is 2.12 bits per heavy atom. The lowest BCUT2D eigenvalue weighted by atomic mass is 10.1. The first-order valence-electron chi connectivity index (χ1n) is 8.24. The minimum absolute atomic E-state index is 0.0291. The quantitative estimate of drug-likeness (QED) is 0.927. The molecule has 2 fully saturated rings. The largest absolute Gasteiger partial charge is 0.354 e. The summed E-state index contributed by atoms with van der Waals surface area (Å²) in [4.78, 5) is 31.5. The molecule has 0 bridgehead atoms. The van der Waals surface area contributed by atoms with Crippen LogP contribution in [0, 0.1) is 5.92 Å². The van der Waals surface area contributed by atoms with E-state index in [1.807, 2.05) is 30.3 Å². The summed E-state index contributed by atoms with van der Waals surface area (Å²) in [5, 5.41) is 3.83. The lowest BCUT2D eigenvalue weighted by Crippen LogP contribution is -2.47. The highest BCUT2D eigenvalue weighted by molar-refractivity contribution is 7.99. The molecule has 6 heteroatoms. The van der Waals surface area contributed by atoms with E-state index in [2.05, 4.69) is 10.3 Å². The summed E-state index contributed by atoms with van der Waals surface area (Å²) in [6.07, 6.45) is 4.12. The Morgan fingerprint density at radius 1 is 1.25 bits per heavy atom. The zero-order chi connectivity index (χ0) is 16.5. The minimum Gasteiger partial charge on any atom is -0.354 e. The van der Waals surface area contributed by atoms with Crippen LogP contribution in [-0.4, -0.2) is 45.9 Å². The summed E-state index contributed by atoms with van der Waals surface area (Å²) >= 11 is 1.63. The Kier molecular flexibility index (Phi) is 4.14. The summed E-state index contributed by atoms with van der Waals surface area (Å²) in [5.74, 6) is 1.72. The summed E-state index contributed by atoms with van der Waals surface area (Å²) < 4.78 is 0. The van der Waals surface area contributed by atoms with E-state index >= 15 is 0 Å². The highest BCUT2D eigenvalue weighted by Gasteiger charge is 2.36. The van der Waals surface area contributed by atoms with Crippen LogP contribution in [0.2, 0.25) is 0 Å². The molecule has 1 saturated heterocycles. The highest BCUT2D eigenvalue weighted by Crippen LogP contribution is 2.29. The van der Waals surface area contributed by atoms with Gasteiger partial charge in [0.25, 0.3) is 5.91 Å². The number of fused-ring (bicyclic) bond motifs is 1. The average Bonchev–Trinajstić information content (AvgIpc) is 3.32. The standard InChI is InChI=1S/C18H19N3O2S/c22-17(20-9-12-6-7-12)16-10-24-11-21(16)18(23)14-3-1-5-15-13(14)4-2-8-19-15/h1-5,8,12,16H,6-7,9-11H2,(H,20,22)/t16-/m1/s1. The van der Waals surface area contributed by atoms with E-state index in [1.54, 1.807) is 22.9 Å². The molecule has 1 N–H and O–H groups in total. The van der Waals surface area contributed by atoms with E-state index in [-0.39, 0.29) is 17.9 Å². The van der Waals surface area contributed by atoms with Crippen molar-refractivity contribution in [2.75, 3.05) is 18.2 Å². The third-order valence-electron chi connectivity index (χ3n) is 4.58. The molecule has 1 atom stereocenters. The maximum absolute atomic E-state index is 13.0. The van der Waals surface area contributed by atoms with Gasteiger partial charge in [0.05, 0.1) is 11.4 Å². The Hall–Kier alpha value is -2.08. The van der Waals surface area contributed by atoms with Crippen molar-refractivity contribution in [2.24, 2.45) is 5.92 Å². The van der Waals surface area contributed by atoms with Crippen LogP contribution < -0.4 is 5.32 Å². The smallest absolute Gasteiger partial charge is 0.255 e. The van der Waals surface area contributed by atoms with Gasteiger partial charge in [-0.05, 0) is 37.0 Å². The zero-order valence-corrected chi connectivity index (χ0v) is 14.1. The van der Waals surface area contributed by atoms with Crippen molar-refractivity contribution in [2.45, 2.75) is 18.9 Å². The van der Waals surface area contributed by atoms with Crippen molar-refractivity contribution in [1.82, 2.24) is 15.2 Å². The van der Waals surface area contributed by atoms with Gasteiger partial charge in [0.15, 0.2) is 0 Å². The van der Waals surface area contributed by atoms with Crippen molar-refractivity contribution < 1.29 is 9.59 Å². The number of hydrogen-bond acceptors (Lipinski definition) is 4. The number of aromatic nitrogens is 1. The van der Waals surface area contributed by atoms with Crippen LogP contribution >= 0.6 is 11.8 Å². The molecule has 5 nitrogen and oxygen atoms in total. The first-order chi connectivity index (χ1) is 11.7. The predicted octanol–water partition coefficient (Wildman–Crippen LogP) is 2.28. The molecular weight excluding hydrogens is 322 g/mol. The van der Waals surface area contributed by atoms with Crippen LogP contribution in [0.15, 0.2) is 36.5 Å². The second kappa shape index (κ2) is 6.43. The van der Waals surface area contributed by atoms with E-state index in [9.17, 15) is 9.59 Å². The molecule has 24 heavy (non-hydrogen) atoms. The number of carbonyl (C=O) groups excluding carboxylic acids is 2. The van der Waals surface area contributed by atoms with Gasteiger partial charge in [-0.15, -0.1) is 11.8 Å². The van der Waals surface area contributed by atoms with Crippen LogP contribution in [0.5, 0.6) is 0 Å². The number of rotatable bonds is 4. The number of nitrogens with zero attached hydrogens (tertiary/aromatic N) is 2. The summed E-state index contributed by atoms with van der Waals surface area (Å²) in [5.41, 5.74) is 1.41. The number of nitrogens with one attached hydrogen (secondary N) is 1. The summed E-state index contributed by atoms with van der Waals surface area (Å²) in [7, 11) is 0. The van der Waals surface area contributed by atoms with Gasteiger partial charge in [-0.3, -0.25) is 14.6 Å². The molecular formula is C18H19N3O2S. The van der Waals surface area contributed by atoms with Gasteiger partial charge in [0.1, 0.15) is 6.04 Å². The average molecular weight is 341 g/mol. The number of carbonyl (C=O) groups is 2. The van der Waals surface area contributed by atoms with Gasteiger partial charge in [-0.25, -0.2) is 0 Å². The first kappa shape index (κ1) is 15.4. The number of amides is 2. The topological polar surface area (TPSA) is 62.3 Å². The van der Waals surface area contributed by atoms with E-state index in [1.165, 1.54) is 12.8 Å². The normalized spacial score (nSPS) is 20.3. The van der Waals surface area contributed by atoms with Gasteiger partial charge >= 0.3 is 0 Å². The molecule has 0 radical (unpaired) electrons. The zero-order valence-electron chi connectivity index (χ0n) is 13.3. The van der Waals surface area contributed by atoms with Crippen LogP contribution in [-0.2, 0) is 4.79 Å². The van der Waals surface area contributed by atoms with Crippen LogP contribution in [0.3, 0.4) is 0 Å². The molecule has 124 valence electrons. The molecule has 2 heterocycles. The SMILES string of the molecule is O=C(NCC1CC1)[C@H]1CSCN1C(=O)c1cccc2ncccc12. The fourth-order valence-electron chi connectivity index (χ4n) is 2.99. The number of thioether (sulfide) groups is 1. The second-order valence-electron chi connectivity index (χ2n) is 6.35. The second-order valence-corrected chi connectivity index (χ2v) is 7.35. The minimum atomic E-state index is -0.381. The molecule has 1 aliphatic carbocycles. The van der Waals surface area contributed by atoms with E-state index in [0.717, 1.165) is 17.4 Å². The predicted molar refractivity (Wildman–Crippen MR) is 94.8 cm³/mol. The molecule has 1 saturated carbocycles. The molecule has 1 aliphatic heterocycles. The Balaban J connectivity index is 1.56. The monoisotopic (exact) mass is 341 g/mol.